The van der Waals surface area contributed by atoms with E-state index in [0.29, 0.717) is 0 Å². The van der Waals surface area contributed by atoms with E-state index >= 15 is 0 Å². The number of oxime groups is 1. The van der Waals surface area contributed by atoms with Crippen LogP contribution in [-0.2, 0) is 0 Å². The topological polar surface area (TPSA) is 32.6 Å². The number of rotatable bonds is 5. The van der Waals surface area contributed by atoms with Crippen molar-refractivity contribution in [1.29, 1.82) is 0 Å². The monoisotopic (exact) mass is 219 g/mol. The third-order valence-electron chi connectivity index (χ3n) is 3.68. The molecule has 0 saturated carbocycles. The fourth-order valence-electron chi connectivity index (χ4n) is 2.32. The highest BCUT2D eigenvalue weighted by molar-refractivity contribution is 6.04. The van der Waals surface area contributed by atoms with Crippen LogP contribution in [0.25, 0.3) is 0 Å². The van der Waals surface area contributed by atoms with Crippen LogP contribution in [0.2, 0.25) is 0 Å². The van der Waals surface area contributed by atoms with E-state index in [4.69, 9.17) is 0 Å². The van der Waals surface area contributed by atoms with Crippen LogP contribution in [0.3, 0.4) is 0 Å². The molecule has 0 atom stereocenters. The average molecular weight is 219 g/mol. The van der Waals surface area contributed by atoms with Crippen molar-refractivity contribution in [1.82, 2.24) is 0 Å². The lowest BCUT2D eigenvalue weighted by molar-refractivity contribution is 0.294. The summed E-state index contributed by atoms with van der Waals surface area (Å²) in [5.41, 5.74) is 1.84. The first-order valence-electron chi connectivity index (χ1n) is 6.02. The maximum absolute atomic E-state index is 9.30. The molecule has 0 spiro atoms. The fourth-order valence-corrected chi connectivity index (χ4v) is 2.32. The van der Waals surface area contributed by atoms with E-state index in [-0.39, 0.29) is 5.41 Å². The Hall–Kier alpha value is -1.31. The maximum atomic E-state index is 9.30. The first-order valence-corrected chi connectivity index (χ1v) is 6.02. The molecule has 0 aliphatic heterocycles. The predicted molar refractivity (Wildman–Crippen MR) is 68.1 cm³/mol. The molecule has 0 aromatic heterocycles. The van der Waals surface area contributed by atoms with E-state index in [1.165, 1.54) is 0 Å². The quantitative estimate of drug-likeness (QED) is 0.451. The van der Waals surface area contributed by atoms with Gasteiger partial charge in [0.2, 0.25) is 0 Å². The molecule has 1 aromatic rings. The molecule has 0 radical (unpaired) electrons. The molecule has 2 heteroatoms. The van der Waals surface area contributed by atoms with Crippen molar-refractivity contribution in [2.75, 3.05) is 0 Å². The van der Waals surface area contributed by atoms with E-state index in [0.717, 1.165) is 30.5 Å². The molecule has 1 rings (SSSR count). The van der Waals surface area contributed by atoms with E-state index in [2.05, 4.69) is 25.9 Å². The third-order valence-corrected chi connectivity index (χ3v) is 3.68. The van der Waals surface area contributed by atoms with Crippen molar-refractivity contribution in [2.24, 2.45) is 10.6 Å². The van der Waals surface area contributed by atoms with Crippen LogP contribution in [0.5, 0.6) is 0 Å². The minimum Gasteiger partial charge on any atom is -0.411 e. The van der Waals surface area contributed by atoms with E-state index in [9.17, 15) is 5.21 Å². The summed E-state index contributed by atoms with van der Waals surface area (Å²) in [6.07, 6.45) is 2.98. The van der Waals surface area contributed by atoms with E-state index < -0.39 is 0 Å². The van der Waals surface area contributed by atoms with Crippen LogP contribution in [-0.4, -0.2) is 10.9 Å². The van der Waals surface area contributed by atoms with Crippen molar-refractivity contribution in [3.63, 3.8) is 0 Å². The van der Waals surface area contributed by atoms with Crippen LogP contribution in [0, 0.1) is 5.41 Å². The second-order valence-electron chi connectivity index (χ2n) is 4.16. The van der Waals surface area contributed by atoms with Gasteiger partial charge in [-0.15, -0.1) is 0 Å². The van der Waals surface area contributed by atoms with Gasteiger partial charge in [0.05, 0.1) is 5.71 Å². The molecule has 0 unspecified atom stereocenters. The van der Waals surface area contributed by atoms with Gasteiger partial charge in [0, 0.05) is 5.41 Å². The van der Waals surface area contributed by atoms with Crippen LogP contribution in [0.15, 0.2) is 35.5 Å². The van der Waals surface area contributed by atoms with Gasteiger partial charge in [-0.25, -0.2) is 0 Å². The van der Waals surface area contributed by atoms with Gasteiger partial charge in [-0.2, -0.15) is 0 Å². The Balaban J connectivity index is 3.17. The van der Waals surface area contributed by atoms with Crippen molar-refractivity contribution in [2.45, 2.75) is 40.0 Å². The SMILES string of the molecule is CCC(CC)(CC)/C(=N/O)c1ccccc1. The lowest BCUT2D eigenvalue weighted by Gasteiger charge is -2.31. The summed E-state index contributed by atoms with van der Waals surface area (Å²) in [5, 5.41) is 12.9. The summed E-state index contributed by atoms with van der Waals surface area (Å²) < 4.78 is 0. The fraction of sp³-hybridized carbons (Fsp3) is 0.500. The summed E-state index contributed by atoms with van der Waals surface area (Å²) in [4.78, 5) is 0. The largest absolute Gasteiger partial charge is 0.411 e. The van der Waals surface area contributed by atoms with Gasteiger partial charge in [0.15, 0.2) is 0 Å². The van der Waals surface area contributed by atoms with Gasteiger partial charge < -0.3 is 5.21 Å². The van der Waals surface area contributed by atoms with Gasteiger partial charge in [-0.05, 0) is 24.8 Å². The molecule has 88 valence electrons. The van der Waals surface area contributed by atoms with E-state index in [1.54, 1.807) is 0 Å². The zero-order valence-corrected chi connectivity index (χ0v) is 10.4. The molecule has 0 amide bonds. The Bertz CT molecular complexity index is 331. The standard InChI is InChI=1S/C14H21NO/c1-4-14(5-2,6-3)13(15-16)12-10-8-7-9-11-12/h7-11,16H,4-6H2,1-3H3/b15-13+. The number of hydrogen-bond acceptors (Lipinski definition) is 2. The smallest absolute Gasteiger partial charge is 0.0929 e. The van der Waals surface area contributed by atoms with Crippen molar-refractivity contribution < 1.29 is 5.21 Å². The Labute approximate surface area is 98.0 Å². The average Bonchev–Trinajstić information content (AvgIpc) is 2.37. The second kappa shape index (κ2) is 5.69. The Kier molecular flexibility index (Phi) is 4.53. The lowest BCUT2D eigenvalue weighted by Crippen LogP contribution is -2.30. The lowest BCUT2D eigenvalue weighted by atomic mass is 9.73. The van der Waals surface area contributed by atoms with Gasteiger partial charge in [0.1, 0.15) is 0 Å². The van der Waals surface area contributed by atoms with Crippen LogP contribution in [0.4, 0.5) is 0 Å². The second-order valence-corrected chi connectivity index (χ2v) is 4.16. The van der Waals surface area contributed by atoms with E-state index in [1.807, 2.05) is 30.3 Å². The Morgan fingerprint density at radius 2 is 1.56 bits per heavy atom. The molecule has 0 aliphatic rings. The molecule has 2 nitrogen and oxygen atoms in total. The molecule has 16 heavy (non-hydrogen) atoms. The van der Waals surface area contributed by atoms with Gasteiger partial charge >= 0.3 is 0 Å². The first-order chi connectivity index (χ1) is 7.74. The molecule has 0 aliphatic carbocycles. The third kappa shape index (κ3) is 2.26. The minimum atomic E-state index is -0.00387. The Morgan fingerprint density at radius 1 is 1.06 bits per heavy atom. The Morgan fingerprint density at radius 3 is 1.94 bits per heavy atom. The van der Waals surface area contributed by atoms with Crippen molar-refractivity contribution in [3.05, 3.63) is 35.9 Å². The highest BCUT2D eigenvalue weighted by Crippen LogP contribution is 2.34. The summed E-state index contributed by atoms with van der Waals surface area (Å²) in [7, 11) is 0. The summed E-state index contributed by atoms with van der Waals surface area (Å²) >= 11 is 0. The molecule has 0 heterocycles. The summed E-state index contributed by atoms with van der Waals surface area (Å²) in [6, 6.07) is 9.94. The highest BCUT2D eigenvalue weighted by atomic mass is 16.4. The number of benzene rings is 1. The van der Waals surface area contributed by atoms with Gasteiger partial charge in [0.25, 0.3) is 0 Å². The van der Waals surface area contributed by atoms with Crippen molar-refractivity contribution in [3.8, 4) is 0 Å². The molecule has 0 saturated heterocycles. The predicted octanol–water partition coefficient (Wildman–Crippen LogP) is 4.08. The van der Waals surface area contributed by atoms with Gasteiger partial charge in [-0.1, -0.05) is 56.3 Å². The highest BCUT2D eigenvalue weighted by Gasteiger charge is 2.31. The van der Waals surface area contributed by atoms with Crippen LogP contribution < -0.4 is 0 Å². The molecule has 1 N–H and O–H groups in total. The van der Waals surface area contributed by atoms with Gasteiger partial charge in [-0.3, -0.25) is 0 Å². The normalized spacial score (nSPS) is 12.8. The zero-order chi connectivity index (χ0) is 12.0. The number of nitrogens with zero attached hydrogens (tertiary/aromatic N) is 1. The zero-order valence-electron chi connectivity index (χ0n) is 10.4. The van der Waals surface area contributed by atoms with Crippen LogP contribution >= 0.6 is 0 Å². The molecule has 0 fully saturated rings. The minimum absolute atomic E-state index is 0.00387. The maximum Gasteiger partial charge on any atom is 0.0929 e. The first kappa shape index (κ1) is 12.8. The molecular weight excluding hydrogens is 198 g/mol. The molecule has 0 bridgehead atoms. The van der Waals surface area contributed by atoms with Crippen LogP contribution in [0.1, 0.15) is 45.6 Å². The summed E-state index contributed by atoms with van der Waals surface area (Å²) in [6.45, 7) is 6.46. The number of hydrogen-bond donors (Lipinski definition) is 1. The molecular formula is C14H21NO. The molecule has 1 aromatic carbocycles. The summed E-state index contributed by atoms with van der Waals surface area (Å²) in [5.74, 6) is 0. The van der Waals surface area contributed by atoms with Crippen molar-refractivity contribution >= 4 is 5.71 Å².